The van der Waals surface area contributed by atoms with E-state index >= 15 is 0 Å². The van der Waals surface area contributed by atoms with Crippen molar-refractivity contribution in [3.63, 3.8) is 0 Å². The number of nitrogens with one attached hydrogen (secondary N) is 1. The van der Waals surface area contributed by atoms with E-state index in [0.29, 0.717) is 17.1 Å². The number of anilines is 1. The molecule has 1 heterocycles. The zero-order valence-electron chi connectivity index (χ0n) is 17.6. The smallest absolute Gasteiger partial charge is 0.269 e. The minimum atomic E-state index is -0.516. The van der Waals surface area contributed by atoms with Gasteiger partial charge in [-0.25, -0.2) is 0 Å². The van der Waals surface area contributed by atoms with Crippen molar-refractivity contribution in [2.45, 2.75) is 39.3 Å². The van der Waals surface area contributed by atoms with Crippen LogP contribution in [0.4, 0.5) is 11.4 Å². The molecule has 0 bridgehead atoms. The number of hydrogen-bond acceptors (Lipinski definition) is 5. The molecule has 1 aliphatic heterocycles. The van der Waals surface area contributed by atoms with Crippen LogP contribution in [0.5, 0.6) is 0 Å². The van der Waals surface area contributed by atoms with Gasteiger partial charge in [0.15, 0.2) is 0 Å². The minimum absolute atomic E-state index is 0.0201. The lowest BCUT2D eigenvalue weighted by Gasteiger charge is -2.31. The summed E-state index contributed by atoms with van der Waals surface area (Å²) in [5.41, 5.74) is 2.76. The maximum Gasteiger partial charge on any atom is 0.269 e. The Labute approximate surface area is 185 Å². The van der Waals surface area contributed by atoms with Crippen molar-refractivity contribution in [3.05, 3.63) is 92.3 Å². The van der Waals surface area contributed by atoms with E-state index in [4.69, 9.17) is 11.6 Å². The van der Waals surface area contributed by atoms with E-state index in [0.717, 1.165) is 16.8 Å². The molecule has 2 N–H and O–H groups in total. The van der Waals surface area contributed by atoms with Crippen molar-refractivity contribution in [2.24, 2.45) is 0 Å². The Morgan fingerprint density at radius 1 is 1.32 bits per heavy atom. The lowest BCUT2D eigenvalue weighted by Crippen LogP contribution is -2.37. The lowest BCUT2D eigenvalue weighted by atomic mass is 10.0. The van der Waals surface area contributed by atoms with Gasteiger partial charge in [-0.15, -0.1) is 0 Å². The normalized spacial score (nSPS) is 17.1. The first-order valence-electron chi connectivity index (χ1n) is 9.88. The first kappa shape index (κ1) is 22.4. The average Bonchev–Trinajstić information content (AvgIpc) is 2.99. The predicted octanol–water partition coefficient (Wildman–Crippen LogP) is 5.68. The summed E-state index contributed by atoms with van der Waals surface area (Å²) >= 11 is 6.01. The largest absolute Gasteiger partial charge is 0.509 e. The van der Waals surface area contributed by atoms with Gasteiger partial charge in [-0.3, -0.25) is 14.9 Å². The molecule has 3 rings (SSSR count). The maximum atomic E-state index is 13.3. The number of benzene rings is 2. The van der Waals surface area contributed by atoms with Crippen molar-refractivity contribution < 1.29 is 14.8 Å². The van der Waals surface area contributed by atoms with Gasteiger partial charge in [0.2, 0.25) is 0 Å². The van der Waals surface area contributed by atoms with E-state index in [1.807, 2.05) is 20.8 Å². The zero-order valence-corrected chi connectivity index (χ0v) is 18.3. The van der Waals surface area contributed by atoms with E-state index in [2.05, 4.69) is 11.9 Å². The number of nitro benzene ring substituents is 1. The van der Waals surface area contributed by atoms with E-state index in [9.17, 15) is 20.0 Å². The number of amides is 1. The molecule has 1 amide bonds. The Kier molecular flexibility index (Phi) is 6.36. The third-order valence-corrected chi connectivity index (χ3v) is 5.76. The third kappa shape index (κ3) is 4.27. The number of carbonyl (C=O) groups is 1. The molecule has 0 saturated carbocycles. The molecular weight excluding hydrogens is 418 g/mol. The van der Waals surface area contributed by atoms with E-state index in [1.165, 1.54) is 12.1 Å². The minimum Gasteiger partial charge on any atom is -0.509 e. The summed E-state index contributed by atoms with van der Waals surface area (Å²) in [5.74, 6) is -0.385. The highest BCUT2D eigenvalue weighted by Gasteiger charge is 2.42. The van der Waals surface area contributed by atoms with Gasteiger partial charge in [-0.1, -0.05) is 37.2 Å². The molecule has 162 valence electrons. The van der Waals surface area contributed by atoms with Crippen LogP contribution in [0.3, 0.4) is 0 Å². The van der Waals surface area contributed by atoms with Crippen LogP contribution >= 0.6 is 11.6 Å². The molecule has 0 aromatic heterocycles. The Morgan fingerprint density at radius 2 is 1.97 bits per heavy atom. The second-order valence-electron chi connectivity index (χ2n) is 7.48. The topological polar surface area (TPSA) is 95.7 Å². The Bertz CT molecular complexity index is 1080. The first-order valence-corrected chi connectivity index (χ1v) is 10.3. The summed E-state index contributed by atoms with van der Waals surface area (Å²) in [6.07, 6.45) is 0.506. The molecule has 7 nitrogen and oxygen atoms in total. The number of aliphatic hydroxyl groups is 1. The molecule has 2 atom stereocenters. The van der Waals surface area contributed by atoms with E-state index < -0.39 is 17.0 Å². The van der Waals surface area contributed by atoms with Crippen LogP contribution in [0.1, 0.15) is 37.4 Å². The SMILES string of the molecule is C=C(Nc1ccc(Cl)cc1C)C1=C(O)C(CC)N([C@@H](C)c2ccc([N+](=O)[O-])cc2)C1=O. The standard InChI is InChI=1S/C23H24ClN3O4/c1-5-20-22(28)21(14(3)25-19-11-8-17(24)12-13(19)2)23(29)26(20)15(4)16-6-9-18(10-7-16)27(30)31/h6-12,15,20,25,28H,3,5H2,1-2,4H3/t15-,20?/m0/s1. The van der Waals surface area contributed by atoms with Gasteiger partial charge in [-0.2, -0.15) is 0 Å². The fraction of sp³-hybridized carbons (Fsp3) is 0.261. The molecule has 0 fully saturated rings. The van der Waals surface area contributed by atoms with Crippen molar-refractivity contribution >= 4 is 28.9 Å². The quantitative estimate of drug-likeness (QED) is 0.426. The van der Waals surface area contributed by atoms with Crippen LogP contribution in [0.25, 0.3) is 0 Å². The number of rotatable bonds is 7. The molecular formula is C23H24ClN3O4. The van der Waals surface area contributed by atoms with E-state index in [1.54, 1.807) is 35.2 Å². The molecule has 1 unspecified atom stereocenters. The monoisotopic (exact) mass is 441 g/mol. The van der Waals surface area contributed by atoms with Crippen molar-refractivity contribution in [1.82, 2.24) is 4.90 Å². The fourth-order valence-corrected chi connectivity index (χ4v) is 4.05. The Balaban J connectivity index is 1.88. The fourth-order valence-electron chi connectivity index (χ4n) is 3.83. The summed E-state index contributed by atoms with van der Waals surface area (Å²) in [4.78, 5) is 25.4. The summed E-state index contributed by atoms with van der Waals surface area (Å²) < 4.78 is 0. The van der Waals surface area contributed by atoms with Crippen LogP contribution in [0.2, 0.25) is 5.02 Å². The van der Waals surface area contributed by atoms with Gasteiger partial charge in [-0.05, 0) is 49.6 Å². The molecule has 0 aliphatic carbocycles. The summed E-state index contributed by atoms with van der Waals surface area (Å²) in [7, 11) is 0. The van der Waals surface area contributed by atoms with Crippen molar-refractivity contribution in [3.8, 4) is 0 Å². The number of aliphatic hydroxyl groups excluding tert-OH is 1. The highest BCUT2D eigenvalue weighted by atomic mass is 35.5. The molecule has 0 radical (unpaired) electrons. The molecule has 8 heteroatoms. The van der Waals surface area contributed by atoms with Crippen molar-refractivity contribution in [2.75, 3.05) is 5.32 Å². The number of hydrogen-bond donors (Lipinski definition) is 2. The molecule has 0 saturated heterocycles. The average molecular weight is 442 g/mol. The number of nitro groups is 1. The summed E-state index contributed by atoms with van der Waals surface area (Å²) in [6.45, 7) is 9.57. The predicted molar refractivity (Wildman–Crippen MR) is 121 cm³/mol. The Hall–Kier alpha value is -3.32. The van der Waals surface area contributed by atoms with Crippen LogP contribution in [0.15, 0.2) is 66.1 Å². The van der Waals surface area contributed by atoms with Gasteiger partial charge in [0.05, 0.1) is 17.0 Å². The molecule has 31 heavy (non-hydrogen) atoms. The number of aryl methyl sites for hydroxylation is 1. The van der Waals surface area contributed by atoms with Gasteiger partial charge < -0.3 is 15.3 Å². The summed E-state index contributed by atoms with van der Waals surface area (Å²) in [6, 6.07) is 10.5. The van der Waals surface area contributed by atoms with Crippen LogP contribution in [0, 0.1) is 17.0 Å². The highest BCUT2D eigenvalue weighted by Crippen LogP contribution is 2.37. The van der Waals surface area contributed by atoms with Gasteiger partial charge in [0, 0.05) is 28.5 Å². The number of carbonyl (C=O) groups excluding carboxylic acids is 1. The maximum absolute atomic E-state index is 13.3. The molecule has 2 aromatic rings. The van der Waals surface area contributed by atoms with Gasteiger partial charge in [0.25, 0.3) is 11.6 Å². The third-order valence-electron chi connectivity index (χ3n) is 5.52. The van der Waals surface area contributed by atoms with Crippen LogP contribution < -0.4 is 5.32 Å². The highest BCUT2D eigenvalue weighted by molar-refractivity contribution is 6.30. The lowest BCUT2D eigenvalue weighted by molar-refractivity contribution is -0.384. The van der Waals surface area contributed by atoms with E-state index in [-0.39, 0.29) is 22.9 Å². The van der Waals surface area contributed by atoms with Crippen LogP contribution in [-0.4, -0.2) is 26.9 Å². The zero-order chi connectivity index (χ0) is 22.9. The van der Waals surface area contributed by atoms with Crippen LogP contribution in [-0.2, 0) is 4.79 Å². The number of nitrogens with zero attached hydrogens (tertiary/aromatic N) is 2. The van der Waals surface area contributed by atoms with Gasteiger partial charge in [0.1, 0.15) is 11.3 Å². The number of halogens is 1. The first-order chi connectivity index (χ1) is 14.6. The molecule has 0 spiro atoms. The van der Waals surface area contributed by atoms with Crippen molar-refractivity contribution in [1.29, 1.82) is 0 Å². The number of non-ortho nitro benzene ring substituents is 1. The second-order valence-corrected chi connectivity index (χ2v) is 7.92. The second kappa shape index (κ2) is 8.81. The molecule has 1 aliphatic rings. The summed E-state index contributed by atoms with van der Waals surface area (Å²) in [5, 5.41) is 25.5. The Morgan fingerprint density at radius 3 is 2.52 bits per heavy atom. The molecule has 2 aromatic carbocycles. The van der Waals surface area contributed by atoms with Gasteiger partial charge >= 0.3 is 0 Å².